The number of ether oxygens (including phenoxy) is 1. The lowest BCUT2D eigenvalue weighted by Gasteiger charge is -2.29. The molecule has 4 heterocycles. The zero-order valence-electron chi connectivity index (χ0n) is 22.8. The maximum atomic E-state index is 12.7. The van der Waals surface area contributed by atoms with Crippen LogP contribution in [-0.4, -0.2) is 42.7 Å². The number of methoxy groups -OCH3 is 1. The molecule has 1 aliphatic heterocycles. The zero-order valence-corrected chi connectivity index (χ0v) is 23.7. The predicted molar refractivity (Wildman–Crippen MR) is 154 cm³/mol. The summed E-state index contributed by atoms with van der Waals surface area (Å²) >= 11 is 5.91. The largest absolute Gasteiger partial charge is 0.494 e. The summed E-state index contributed by atoms with van der Waals surface area (Å²) in [4.78, 5) is 19.4. The predicted octanol–water partition coefficient (Wildman–Crippen LogP) is 4.57. The average Bonchev–Trinajstić information content (AvgIpc) is 3.62. The van der Waals surface area contributed by atoms with Crippen LogP contribution in [0.25, 0.3) is 0 Å². The summed E-state index contributed by atoms with van der Waals surface area (Å²) in [5, 5.41) is 15.0. The number of thiocarbonyl (C=S) groups is 1. The van der Waals surface area contributed by atoms with Gasteiger partial charge in [-0.2, -0.15) is 0 Å². The zero-order chi connectivity index (χ0) is 27.9. The van der Waals surface area contributed by atoms with Gasteiger partial charge in [0.15, 0.2) is 5.11 Å². The average molecular weight is 545 g/mol. The van der Waals surface area contributed by atoms with E-state index in [1.165, 1.54) is 0 Å². The van der Waals surface area contributed by atoms with Gasteiger partial charge in [-0.3, -0.25) is 14.5 Å². The van der Waals surface area contributed by atoms with Gasteiger partial charge in [-0.05, 0) is 56.4 Å². The fourth-order valence-corrected chi connectivity index (χ4v) is 5.27. The van der Waals surface area contributed by atoms with E-state index in [-0.39, 0.29) is 18.0 Å². The van der Waals surface area contributed by atoms with Gasteiger partial charge in [0.1, 0.15) is 18.4 Å². The van der Waals surface area contributed by atoms with E-state index >= 15 is 0 Å². The highest BCUT2D eigenvalue weighted by Gasteiger charge is 2.42. The van der Waals surface area contributed by atoms with E-state index < -0.39 is 5.41 Å². The molecule has 1 aromatic carbocycles. The Labute approximate surface area is 233 Å². The quantitative estimate of drug-likeness (QED) is 0.340. The van der Waals surface area contributed by atoms with Crippen LogP contribution in [-0.2, 0) is 4.79 Å². The lowest BCUT2D eigenvalue weighted by atomic mass is 9.95. The van der Waals surface area contributed by atoms with E-state index in [9.17, 15) is 4.79 Å². The van der Waals surface area contributed by atoms with Crippen LogP contribution in [0, 0.1) is 19.3 Å². The number of aromatic nitrogens is 5. The van der Waals surface area contributed by atoms with E-state index in [2.05, 4.69) is 48.4 Å². The molecular formula is C28H32N8O2S. The van der Waals surface area contributed by atoms with Crippen molar-refractivity contribution in [1.82, 2.24) is 29.9 Å². The molecule has 11 heteroatoms. The number of benzene rings is 1. The van der Waals surface area contributed by atoms with Crippen molar-refractivity contribution < 1.29 is 9.53 Å². The molecule has 39 heavy (non-hydrogen) atoms. The van der Waals surface area contributed by atoms with E-state index in [4.69, 9.17) is 17.0 Å². The molecule has 0 saturated carbocycles. The molecule has 1 aliphatic rings. The summed E-state index contributed by atoms with van der Waals surface area (Å²) in [6.07, 6.45) is 5.13. The highest BCUT2D eigenvalue weighted by molar-refractivity contribution is 7.80. The minimum absolute atomic E-state index is 0.0959. The Kier molecular flexibility index (Phi) is 6.85. The monoisotopic (exact) mass is 544 g/mol. The van der Waals surface area contributed by atoms with Crippen molar-refractivity contribution in [3.05, 3.63) is 84.0 Å². The third kappa shape index (κ3) is 4.85. The Bertz CT molecular complexity index is 1510. The van der Waals surface area contributed by atoms with Gasteiger partial charge in [0.05, 0.1) is 30.6 Å². The molecule has 0 unspecified atom stereocenters. The lowest BCUT2D eigenvalue weighted by molar-refractivity contribution is -0.123. The first-order valence-electron chi connectivity index (χ1n) is 12.6. The van der Waals surface area contributed by atoms with Crippen LogP contribution in [0.1, 0.15) is 55.5 Å². The summed E-state index contributed by atoms with van der Waals surface area (Å²) in [5.41, 5.74) is 4.89. The molecule has 202 valence electrons. The first kappa shape index (κ1) is 26.4. The van der Waals surface area contributed by atoms with Crippen molar-refractivity contribution in [2.24, 2.45) is 5.41 Å². The number of nitrogens with zero attached hydrogens (tertiary/aromatic N) is 6. The molecule has 1 amide bonds. The summed E-state index contributed by atoms with van der Waals surface area (Å²) in [5.74, 6) is 0.448. The van der Waals surface area contributed by atoms with Gasteiger partial charge < -0.3 is 20.3 Å². The Balaban J connectivity index is 1.62. The molecule has 1 saturated heterocycles. The van der Waals surface area contributed by atoms with Crippen LogP contribution < -0.4 is 20.3 Å². The topological polar surface area (TPSA) is 102 Å². The number of anilines is 2. The fourth-order valence-electron chi connectivity index (χ4n) is 4.92. The van der Waals surface area contributed by atoms with Crippen molar-refractivity contribution >= 4 is 34.6 Å². The maximum Gasteiger partial charge on any atom is 0.229 e. The number of pyridine rings is 1. The van der Waals surface area contributed by atoms with Gasteiger partial charge in [0, 0.05) is 40.3 Å². The van der Waals surface area contributed by atoms with Crippen molar-refractivity contribution in [2.75, 3.05) is 17.3 Å². The van der Waals surface area contributed by atoms with E-state index in [0.29, 0.717) is 16.5 Å². The number of aryl methyl sites for hydroxylation is 1. The molecule has 3 aromatic heterocycles. The van der Waals surface area contributed by atoms with Crippen molar-refractivity contribution in [3.63, 3.8) is 0 Å². The maximum absolute atomic E-state index is 12.7. The molecular weight excluding hydrogens is 512 g/mol. The van der Waals surface area contributed by atoms with Crippen molar-refractivity contribution in [1.29, 1.82) is 0 Å². The second-order valence-corrected chi connectivity index (χ2v) is 11.0. The number of rotatable bonds is 6. The number of hydrogen-bond donors (Lipinski definition) is 2. The number of nitrogens with one attached hydrogen (secondary N) is 2. The lowest BCUT2D eigenvalue weighted by Crippen LogP contribution is -2.30. The van der Waals surface area contributed by atoms with Gasteiger partial charge >= 0.3 is 0 Å². The summed E-state index contributed by atoms with van der Waals surface area (Å²) < 4.78 is 9.62. The van der Waals surface area contributed by atoms with Crippen LogP contribution in [0.5, 0.6) is 5.75 Å². The van der Waals surface area contributed by atoms with E-state index in [1.807, 2.05) is 68.8 Å². The first-order chi connectivity index (χ1) is 18.6. The Morgan fingerprint density at radius 2 is 1.85 bits per heavy atom. The summed E-state index contributed by atoms with van der Waals surface area (Å²) in [7, 11) is 1.59. The van der Waals surface area contributed by atoms with Gasteiger partial charge in [0.25, 0.3) is 0 Å². The highest BCUT2D eigenvalue weighted by atomic mass is 32.1. The summed E-state index contributed by atoms with van der Waals surface area (Å²) in [6, 6.07) is 13.3. The molecule has 2 N–H and O–H groups in total. The van der Waals surface area contributed by atoms with Crippen LogP contribution in [0.3, 0.4) is 0 Å². The molecule has 2 atom stereocenters. The minimum atomic E-state index is -0.543. The van der Waals surface area contributed by atoms with Gasteiger partial charge in [-0.15, -0.1) is 10.2 Å². The molecule has 10 nitrogen and oxygen atoms in total. The second-order valence-electron chi connectivity index (χ2n) is 10.6. The molecule has 0 bridgehead atoms. The minimum Gasteiger partial charge on any atom is -0.494 e. The van der Waals surface area contributed by atoms with Crippen LogP contribution in [0.15, 0.2) is 61.3 Å². The molecule has 5 rings (SSSR count). The first-order valence-corrected chi connectivity index (χ1v) is 13.0. The van der Waals surface area contributed by atoms with Crippen LogP contribution in [0.4, 0.5) is 11.4 Å². The molecule has 0 spiro atoms. The Morgan fingerprint density at radius 1 is 1.10 bits per heavy atom. The van der Waals surface area contributed by atoms with Gasteiger partial charge in [-0.1, -0.05) is 26.8 Å². The Morgan fingerprint density at radius 3 is 2.49 bits per heavy atom. The fraction of sp³-hybridized carbons (Fsp3) is 0.321. The second kappa shape index (κ2) is 10.1. The third-order valence-corrected chi connectivity index (χ3v) is 7.20. The Hall–Kier alpha value is -4.25. The molecule has 4 aromatic rings. The number of hydrogen-bond acceptors (Lipinski definition) is 6. The van der Waals surface area contributed by atoms with Crippen molar-refractivity contribution in [3.8, 4) is 5.75 Å². The third-order valence-electron chi connectivity index (χ3n) is 6.88. The summed E-state index contributed by atoms with van der Waals surface area (Å²) in [6.45, 7) is 9.73. The van der Waals surface area contributed by atoms with Crippen LogP contribution >= 0.6 is 12.2 Å². The van der Waals surface area contributed by atoms with Crippen LogP contribution in [0.2, 0.25) is 0 Å². The normalized spacial score (nSPS) is 17.3. The number of carbonyl (C=O) groups excluding carboxylic acids is 1. The smallest absolute Gasteiger partial charge is 0.229 e. The molecule has 1 fully saturated rings. The SMILES string of the molecule is COc1cc(N2C(=S)N[C@H](c3ccccn3)[C@H]2c2cc(C)n(-n3cnnc3)c2C)ccc1NC(=O)C(C)(C)C. The van der Waals surface area contributed by atoms with Crippen molar-refractivity contribution in [2.45, 2.75) is 46.7 Å². The molecule has 0 radical (unpaired) electrons. The van der Waals surface area contributed by atoms with E-state index in [1.54, 1.807) is 26.0 Å². The highest BCUT2D eigenvalue weighted by Crippen LogP contribution is 2.44. The van der Waals surface area contributed by atoms with Gasteiger partial charge in [-0.25, -0.2) is 4.68 Å². The number of carbonyl (C=O) groups is 1. The van der Waals surface area contributed by atoms with E-state index in [0.717, 1.165) is 28.3 Å². The number of amides is 1. The standard InChI is InChI=1S/C28H32N8O2S/c1-17-13-20(18(2)36(17)34-15-30-31-16-34)25-24(22-9-7-8-12-29-22)33-27(39)35(25)19-10-11-21(23(14-19)38-6)32-26(37)28(3,4)5/h7-16,24-25H,1-6H3,(H,32,37)(H,33,39)/t24-,25-/m1/s1. The van der Waals surface area contributed by atoms with Gasteiger partial charge in [0.2, 0.25) is 5.91 Å². The molecule has 0 aliphatic carbocycles.